The van der Waals surface area contributed by atoms with Crippen LogP contribution in [0.1, 0.15) is 66.1 Å². The first kappa shape index (κ1) is 24.7. The highest BCUT2D eigenvalue weighted by molar-refractivity contribution is 5.92. The van der Waals surface area contributed by atoms with Crippen molar-refractivity contribution in [1.29, 1.82) is 0 Å². The molecule has 0 spiro atoms. The molecule has 2 bridgehead atoms. The summed E-state index contributed by atoms with van der Waals surface area (Å²) in [5.41, 5.74) is 6.94. The summed E-state index contributed by atoms with van der Waals surface area (Å²) >= 11 is 0. The summed E-state index contributed by atoms with van der Waals surface area (Å²) < 4.78 is 55.4. The van der Waals surface area contributed by atoms with Crippen LogP contribution in [0.2, 0.25) is 0 Å². The number of aromatic nitrogens is 2. The Labute approximate surface area is 216 Å². The Balaban J connectivity index is 1.19. The number of para-hydroxylation sites is 1. The van der Waals surface area contributed by atoms with Crippen LogP contribution in [0.5, 0.6) is 5.75 Å². The monoisotopic (exact) mass is 528 g/mol. The number of ether oxygens (including phenoxy) is 2. The van der Waals surface area contributed by atoms with E-state index in [9.17, 15) is 18.0 Å². The van der Waals surface area contributed by atoms with Crippen molar-refractivity contribution in [3.63, 3.8) is 0 Å². The number of benzene rings is 1. The predicted octanol–water partition coefficient (Wildman–Crippen LogP) is 5.33. The number of nitrogens with zero attached hydrogens (tertiary/aromatic N) is 3. The van der Waals surface area contributed by atoms with E-state index in [4.69, 9.17) is 15.0 Å². The van der Waals surface area contributed by atoms with Crippen LogP contribution in [-0.4, -0.2) is 40.6 Å². The Hall–Kier alpha value is -3.60. The number of halogens is 3. The zero-order valence-electron chi connectivity index (χ0n) is 20.5. The van der Waals surface area contributed by atoms with E-state index in [0.29, 0.717) is 22.6 Å². The highest BCUT2D eigenvalue weighted by Crippen LogP contribution is 2.46. The molecular formula is C27H27F3N4O4. The number of alkyl halides is 3. The van der Waals surface area contributed by atoms with Crippen LogP contribution in [0, 0.1) is 0 Å². The minimum Gasteiger partial charge on any atom is -0.405 e. The summed E-state index contributed by atoms with van der Waals surface area (Å²) in [6, 6.07) is 9.98. The zero-order chi connectivity index (χ0) is 26.4. The molecule has 2 N–H and O–H groups in total. The normalized spacial score (nSPS) is 23.0. The lowest BCUT2D eigenvalue weighted by Crippen LogP contribution is -2.46. The first-order valence-corrected chi connectivity index (χ1v) is 12.8. The van der Waals surface area contributed by atoms with Crippen LogP contribution in [0.25, 0.3) is 11.3 Å². The summed E-state index contributed by atoms with van der Waals surface area (Å²) in [4.78, 5) is 18.2. The van der Waals surface area contributed by atoms with Crippen LogP contribution in [-0.2, 0) is 11.3 Å². The van der Waals surface area contributed by atoms with Crippen LogP contribution < -0.4 is 15.4 Å². The maximum absolute atomic E-state index is 13.0. The molecule has 1 saturated carbocycles. The van der Waals surface area contributed by atoms with E-state index in [-0.39, 0.29) is 42.0 Å². The molecule has 1 aliphatic carbocycles. The van der Waals surface area contributed by atoms with E-state index >= 15 is 0 Å². The highest BCUT2D eigenvalue weighted by atomic mass is 19.4. The molecule has 2 saturated heterocycles. The third kappa shape index (κ3) is 4.94. The predicted molar refractivity (Wildman–Crippen MR) is 130 cm³/mol. The quantitative estimate of drug-likeness (QED) is 0.422. The van der Waals surface area contributed by atoms with Gasteiger partial charge in [0.2, 0.25) is 5.91 Å². The molecule has 200 valence electrons. The summed E-state index contributed by atoms with van der Waals surface area (Å²) in [5.74, 6) is 0.877. The fourth-order valence-electron chi connectivity index (χ4n) is 5.74. The number of carbonyl (C=O) groups excluding carboxylic acids is 1. The second-order valence-electron chi connectivity index (χ2n) is 10.2. The van der Waals surface area contributed by atoms with Crippen molar-refractivity contribution in [2.24, 2.45) is 5.73 Å². The summed E-state index contributed by atoms with van der Waals surface area (Å²) in [6.07, 6.45) is 2.18. The second kappa shape index (κ2) is 9.61. The molecule has 2 atom stereocenters. The molecule has 3 aliphatic rings. The molecule has 3 aromatic rings. The zero-order valence-corrected chi connectivity index (χ0v) is 20.5. The summed E-state index contributed by atoms with van der Waals surface area (Å²) in [7, 11) is 0. The first-order valence-electron chi connectivity index (χ1n) is 12.8. The number of nitrogens with two attached hydrogens (primary N) is 1. The number of hydrogen-bond donors (Lipinski definition) is 1. The number of primary amides is 1. The number of fused-ring (bicyclic) bond motifs is 2. The SMILES string of the molecule is NC(=O)c1ccc(N2[C@H]3CC[C@H]2CC(OCc2c(-c4ccccc4OC(F)(F)F)noc2C2CC2)C3)nc1. The maximum atomic E-state index is 13.0. The van der Waals surface area contributed by atoms with Gasteiger partial charge in [0, 0.05) is 35.3 Å². The molecule has 1 aromatic carbocycles. The molecule has 1 amide bonds. The molecule has 4 heterocycles. The van der Waals surface area contributed by atoms with Crippen molar-refractivity contribution in [3.05, 3.63) is 59.5 Å². The molecule has 11 heteroatoms. The van der Waals surface area contributed by atoms with Crippen molar-refractivity contribution < 1.29 is 32.0 Å². The Bertz CT molecular complexity index is 1310. The topological polar surface area (TPSA) is 104 Å². The van der Waals surface area contributed by atoms with E-state index in [1.807, 2.05) is 6.07 Å². The van der Waals surface area contributed by atoms with Crippen LogP contribution in [0.3, 0.4) is 0 Å². The Morgan fingerprint density at radius 3 is 2.45 bits per heavy atom. The Morgan fingerprint density at radius 2 is 1.82 bits per heavy atom. The molecule has 3 fully saturated rings. The molecule has 6 rings (SSSR count). The highest BCUT2D eigenvalue weighted by Gasteiger charge is 2.42. The van der Waals surface area contributed by atoms with Crippen molar-refractivity contribution in [3.8, 4) is 17.0 Å². The van der Waals surface area contributed by atoms with E-state index in [0.717, 1.165) is 44.3 Å². The number of amides is 1. The fraction of sp³-hybridized carbons (Fsp3) is 0.444. The van der Waals surface area contributed by atoms with E-state index in [2.05, 4.69) is 19.8 Å². The molecule has 38 heavy (non-hydrogen) atoms. The van der Waals surface area contributed by atoms with Gasteiger partial charge in [0.25, 0.3) is 0 Å². The lowest BCUT2D eigenvalue weighted by Gasteiger charge is -2.39. The number of pyridine rings is 1. The third-order valence-corrected chi connectivity index (χ3v) is 7.58. The number of anilines is 1. The smallest absolute Gasteiger partial charge is 0.405 e. The molecule has 0 unspecified atom stereocenters. The van der Waals surface area contributed by atoms with Crippen LogP contribution in [0.15, 0.2) is 47.1 Å². The number of hydrogen-bond acceptors (Lipinski definition) is 7. The lowest BCUT2D eigenvalue weighted by molar-refractivity contribution is -0.274. The lowest BCUT2D eigenvalue weighted by atomic mass is 9.99. The molecule has 8 nitrogen and oxygen atoms in total. The van der Waals surface area contributed by atoms with Crippen molar-refractivity contribution in [1.82, 2.24) is 10.1 Å². The van der Waals surface area contributed by atoms with E-state index in [1.54, 1.807) is 18.2 Å². The average molecular weight is 529 g/mol. The minimum absolute atomic E-state index is 0.0230. The third-order valence-electron chi connectivity index (χ3n) is 7.58. The Kier molecular flexibility index (Phi) is 6.25. The van der Waals surface area contributed by atoms with Crippen molar-refractivity contribution >= 4 is 11.7 Å². The second-order valence-corrected chi connectivity index (χ2v) is 10.2. The van der Waals surface area contributed by atoms with Gasteiger partial charge in [-0.15, -0.1) is 13.2 Å². The van der Waals surface area contributed by atoms with Gasteiger partial charge in [-0.05, 0) is 62.8 Å². The Morgan fingerprint density at radius 1 is 1.08 bits per heavy atom. The summed E-state index contributed by atoms with van der Waals surface area (Å²) in [5, 5.41) is 4.16. The van der Waals surface area contributed by atoms with Gasteiger partial charge in [0.1, 0.15) is 23.0 Å². The number of carbonyl (C=O) groups is 1. The van der Waals surface area contributed by atoms with Crippen molar-refractivity contribution in [2.75, 3.05) is 4.90 Å². The van der Waals surface area contributed by atoms with Crippen LogP contribution in [0.4, 0.5) is 19.0 Å². The number of piperidine rings is 1. The van der Waals surface area contributed by atoms with Gasteiger partial charge in [0.15, 0.2) is 0 Å². The maximum Gasteiger partial charge on any atom is 0.573 e. The largest absolute Gasteiger partial charge is 0.573 e. The van der Waals surface area contributed by atoms with Gasteiger partial charge >= 0.3 is 6.36 Å². The van der Waals surface area contributed by atoms with Gasteiger partial charge in [-0.25, -0.2) is 4.98 Å². The molecule has 2 aliphatic heterocycles. The average Bonchev–Trinajstić information content (AvgIpc) is 3.58. The fourth-order valence-corrected chi connectivity index (χ4v) is 5.74. The summed E-state index contributed by atoms with van der Waals surface area (Å²) in [6.45, 7) is 0.195. The first-order chi connectivity index (χ1) is 18.3. The van der Waals surface area contributed by atoms with Crippen LogP contribution >= 0.6 is 0 Å². The van der Waals surface area contributed by atoms with Gasteiger partial charge in [-0.1, -0.05) is 17.3 Å². The van der Waals surface area contributed by atoms with Gasteiger partial charge < -0.3 is 24.6 Å². The van der Waals surface area contributed by atoms with Gasteiger partial charge in [0.05, 0.1) is 18.3 Å². The number of rotatable bonds is 8. The standard InChI is InChI=1S/C27H27F3N4O4/c28-27(29,30)37-22-4-2-1-3-20(22)24-21(25(38-33-24)15-5-6-15)14-36-19-11-17-8-9-18(12-19)34(17)23-10-7-16(13-32-23)26(31)35/h1-4,7,10,13,15,17-19H,5-6,8-9,11-12,14H2,(H2,31,35)/t17-,18-/m0/s1. The van der Waals surface area contributed by atoms with E-state index < -0.39 is 12.3 Å². The minimum atomic E-state index is -4.82. The van der Waals surface area contributed by atoms with Gasteiger partial charge in [-0.2, -0.15) is 0 Å². The van der Waals surface area contributed by atoms with E-state index in [1.165, 1.54) is 18.3 Å². The van der Waals surface area contributed by atoms with Crippen molar-refractivity contribution in [2.45, 2.75) is 75.6 Å². The molecule has 2 aromatic heterocycles. The van der Waals surface area contributed by atoms with Gasteiger partial charge in [-0.3, -0.25) is 4.79 Å². The molecular weight excluding hydrogens is 501 g/mol. The molecule has 0 radical (unpaired) electrons.